The first-order chi connectivity index (χ1) is 16.7. The lowest BCUT2D eigenvalue weighted by atomic mass is 9.84. The fourth-order valence-electron chi connectivity index (χ4n) is 4.11. The number of piperidine rings is 1. The number of urea groups is 1. The molecule has 0 unspecified atom stereocenters. The van der Waals surface area contributed by atoms with Gasteiger partial charge in [0.2, 0.25) is 11.8 Å². The minimum absolute atomic E-state index is 0.0496. The average molecular weight is 480 g/mol. The zero-order chi connectivity index (χ0) is 25.4. The molecular formula is C26H33N5O4. The number of nitrogens with zero attached hydrogens (tertiary/aromatic N) is 3. The number of hydrogen-bond donors (Lipinski definition) is 3. The van der Waals surface area contributed by atoms with E-state index in [4.69, 9.17) is 5.21 Å². The van der Waals surface area contributed by atoms with Crippen LogP contribution in [-0.2, 0) is 9.59 Å². The third-order valence-electron chi connectivity index (χ3n) is 6.00. The van der Waals surface area contributed by atoms with Crippen LogP contribution in [0.5, 0.6) is 0 Å². The van der Waals surface area contributed by atoms with Crippen molar-refractivity contribution in [3.05, 3.63) is 60.2 Å². The highest BCUT2D eigenvalue weighted by atomic mass is 16.4. The molecule has 1 heterocycles. The van der Waals surface area contributed by atoms with Gasteiger partial charge in [-0.05, 0) is 49.4 Å². The van der Waals surface area contributed by atoms with Crippen molar-refractivity contribution < 1.29 is 19.6 Å². The topological polar surface area (TPSA) is 114 Å². The van der Waals surface area contributed by atoms with E-state index in [1.807, 2.05) is 11.0 Å². The molecule has 35 heavy (non-hydrogen) atoms. The third-order valence-corrected chi connectivity index (χ3v) is 6.00. The number of anilines is 2. The molecule has 0 spiro atoms. The molecule has 2 aromatic carbocycles. The number of carbonyl (C=O) groups is 3. The molecule has 9 nitrogen and oxygen atoms in total. The van der Waals surface area contributed by atoms with Gasteiger partial charge in [0.25, 0.3) is 0 Å². The van der Waals surface area contributed by atoms with Gasteiger partial charge in [0.1, 0.15) is 6.54 Å². The van der Waals surface area contributed by atoms with Gasteiger partial charge in [-0.15, -0.1) is 0 Å². The van der Waals surface area contributed by atoms with Crippen LogP contribution in [0.25, 0.3) is 0 Å². The molecule has 1 fully saturated rings. The molecule has 0 aliphatic carbocycles. The van der Waals surface area contributed by atoms with Gasteiger partial charge in [0.15, 0.2) is 0 Å². The number of amides is 4. The molecule has 3 N–H and O–H groups in total. The smallest absolute Gasteiger partial charge is 0.319 e. The third kappa shape index (κ3) is 7.30. The van der Waals surface area contributed by atoms with E-state index < -0.39 is 11.9 Å². The fraction of sp³-hybridized carbons (Fsp3) is 0.385. The first kappa shape index (κ1) is 25.7. The van der Waals surface area contributed by atoms with Gasteiger partial charge in [-0.2, -0.15) is 0 Å². The highest BCUT2D eigenvalue weighted by Crippen LogP contribution is 2.28. The number of oxime groups is 1. The molecule has 1 saturated heterocycles. The molecule has 0 bridgehead atoms. The second-order valence-electron chi connectivity index (χ2n) is 9.47. The van der Waals surface area contributed by atoms with E-state index in [9.17, 15) is 14.4 Å². The second-order valence-corrected chi connectivity index (χ2v) is 9.47. The van der Waals surface area contributed by atoms with E-state index >= 15 is 0 Å². The summed E-state index contributed by atoms with van der Waals surface area (Å²) in [6.07, 6.45) is 2.00. The maximum absolute atomic E-state index is 13.1. The Kier molecular flexibility index (Phi) is 8.46. The zero-order valence-electron chi connectivity index (χ0n) is 20.5. The van der Waals surface area contributed by atoms with Gasteiger partial charge in [-0.1, -0.05) is 49.3 Å². The number of hydrogen-bond acceptors (Lipinski definition) is 5. The maximum atomic E-state index is 13.1. The average Bonchev–Trinajstić information content (AvgIpc) is 2.85. The van der Waals surface area contributed by atoms with Crippen molar-refractivity contribution in [1.29, 1.82) is 0 Å². The van der Waals surface area contributed by atoms with Crippen LogP contribution in [0.15, 0.2) is 59.8 Å². The van der Waals surface area contributed by atoms with E-state index in [1.54, 1.807) is 55.5 Å². The quantitative estimate of drug-likeness (QED) is 0.319. The van der Waals surface area contributed by atoms with Crippen LogP contribution < -0.4 is 15.5 Å². The van der Waals surface area contributed by atoms with Crippen LogP contribution in [0.3, 0.4) is 0 Å². The summed E-state index contributed by atoms with van der Waals surface area (Å²) in [6, 6.07) is 15.2. The molecule has 0 aromatic heterocycles. The van der Waals surface area contributed by atoms with Crippen molar-refractivity contribution in [3.8, 4) is 0 Å². The summed E-state index contributed by atoms with van der Waals surface area (Å²) in [7, 11) is 0. The highest BCUT2D eigenvalue weighted by Gasteiger charge is 2.30. The summed E-state index contributed by atoms with van der Waals surface area (Å²) >= 11 is 0. The van der Waals surface area contributed by atoms with Crippen LogP contribution in [0.4, 0.5) is 16.2 Å². The standard InChI is InChI=1S/C26H33N5O4/c1-19(29-35)20-9-7-10-21(15-20)28-25(34)27-16-23(32)31(22-11-5-4-6-12-22)17-24(33)30-14-8-13-26(2,3)18-30/h4-7,9-12,15,35H,8,13-14,16-18H2,1-3H3,(H2,27,28,34). The van der Waals surface area contributed by atoms with Gasteiger partial charge < -0.3 is 25.6 Å². The van der Waals surface area contributed by atoms with Gasteiger partial charge >= 0.3 is 6.03 Å². The van der Waals surface area contributed by atoms with Gasteiger partial charge in [0, 0.05) is 30.0 Å². The minimum atomic E-state index is -0.564. The van der Waals surface area contributed by atoms with Crippen molar-refractivity contribution in [2.45, 2.75) is 33.6 Å². The summed E-state index contributed by atoms with van der Waals surface area (Å²) in [4.78, 5) is 41.8. The number of rotatable bonds is 7. The largest absolute Gasteiger partial charge is 0.411 e. The first-order valence-electron chi connectivity index (χ1n) is 11.7. The molecule has 4 amide bonds. The predicted octanol–water partition coefficient (Wildman–Crippen LogP) is 3.69. The number of nitrogens with one attached hydrogen (secondary N) is 2. The van der Waals surface area contributed by atoms with Crippen molar-refractivity contribution in [2.24, 2.45) is 10.6 Å². The highest BCUT2D eigenvalue weighted by molar-refractivity contribution is 6.02. The van der Waals surface area contributed by atoms with Crippen molar-refractivity contribution in [3.63, 3.8) is 0 Å². The Morgan fingerprint density at radius 3 is 2.54 bits per heavy atom. The van der Waals surface area contributed by atoms with Gasteiger partial charge in [-0.25, -0.2) is 4.79 Å². The summed E-state index contributed by atoms with van der Waals surface area (Å²) in [5, 5.41) is 17.3. The summed E-state index contributed by atoms with van der Waals surface area (Å²) in [6.45, 7) is 6.88. The summed E-state index contributed by atoms with van der Waals surface area (Å²) in [5.41, 5.74) is 2.18. The lowest BCUT2D eigenvalue weighted by Gasteiger charge is -2.39. The van der Waals surface area contributed by atoms with Gasteiger partial charge in [0.05, 0.1) is 12.3 Å². The van der Waals surface area contributed by atoms with E-state index in [-0.39, 0.29) is 24.4 Å². The van der Waals surface area contributed by atoms with Crippen molar-refractivity contribution in [1.82, 2.24) is 10.2 Å². The molecule has 186 valence electrons. The molecule has 1 aliphatic rings. The van der Waals surface area contributed by atoms with Crippen LogP contribution in [0.2, 0.25) is 0 Å². The monoisotopic (exact) mass is 479 g/mol. The van der Waals surface area contributed by atoms with E-state index in [0.717, 1.165) is 12.8 Å². The van der Waals surface area contributed by atoms with Gasteiger partial charge in [-0.3, -0.25) is 9.59 Å². The molecule has 0 atom stereocenters. The number of para-hydroxylation sites is 1. The van der Waals surface area contributed by atoms with E-state index in [1.165, 1.54) is 4.90 Å². The Balaban J connectivity index is 1.64. The van der Waals surface area contributed by atoms with Crippen LogP contribution in [-0.4, -0.2) is 59.8 Å². The maximum Gasteiger partial charge on any atom is 0.319 e. The molecule has 1 aliphatic heterocycles. The minimum Gasteiger partial charge on any atom is -0.411 e. The Bertz CT molecular complexity index is 1080. The molecule has 2 aromatic rings. The Morgan fingerprint density at radius 2 is 1.86 bits per heavy atom. The molecule has 9 heteroatoms. The SMILES string of the molecule is CC(=NO)c1cccc(NC(=O)NCC(=O)N(CC(=O)N2CCCC(C)(C)C2)c2ccccc2)c1. The van der Waals surface area contributed by atoms with Crippen molar-refractivity contribution in [2.75, 3.05) is 36.4 Å². The second kappa shape index (κ2) is 11.5. The van der Waals surface area contributed by atoms with Crippen LogP contribution >= 0.6 is 0 Å². The van der Waals surface area contributed by atoms with Crippen LogP contribution in [0, 0.1) is 5.41 Å². The van der Waals surface area contributed by atoms with Crippen molar-refractivity contribution >= 4 is 34.9 Å². The molecule has 0 radical (unpaired) electrons. The lowest BCUT2D eigenvalue weighted by Crippen LogP contribution is -2.50. The summed E-state index contributed by atoms with van der Waals surface area (Å²) in [5.74, 6) is -0.509. The first-order valence-corrected chi connectivity index (χ1v) is 11.7. The van der Waals surface area contributed by atoms with E-state index in [2.05, 4.69) is 29.6 Å². The number of likely N-dealkylation sites (tertiary alicyclic amines) is 1. The zero-order valence-corrected chi connectivity index (χ0v) is 20.5. The molecule has 0 saturated carbocycles. The Morgan fingerprint density at radius 1 is 1.11 bits per heavy atom. The van der Waals surface area contributed by atoms with Crippen LogP contribution in [0.1, 0.15) is 39.2 Å². The Labute approximate surface area is 205 Å². The van der Waals surface area contributed by atoms with E-state index in [0.29, 0.717) is 35.7 Å². The molecular weight excluding hydrogens is 446 g/mol. The fourth-order valence-corrected chi connectivity index (χ4v) is 4.11. The lowest BCUT2D eigenvalue weighted by molar-refractivity contribution is -0.134. The number of benzene rings is 2. The Hall–Kier alpha value is -3.88. The normalized spacial score (nSPS) is 15.3. The molecule has 3 rings (SSSR count). The summed E-state index contributed by atoms with van der Waals surface area (Å²) < 4.78 is 0. The number of carbonyl (C=O) groups excluding carboxylic acids is 3. The predicted molar refractivity (Wildman–Crippen MR) is 136 cm³/mol.